The second-order valence-corrected chi connectivity index (χ2v) is 9.99. The van der Waals surface area contributed by atoms with E-state index in [1.54, 1.807) is 0 Å². The van der Waals surface area contributed by atoms with E-state index >= 15 is 0 Å². The van der Waals surface area contributed by atoms with Gasteiger partial charge in [0.1, 0.15) is 18.8 Å². The Bertz CT molecular complexity index is 1290. The quantitative estimate of drug-likeness (QED) is 0.290. The summed E-state index contributed by atoms with van der Waals surface area (Å²) in [6.45, 7) is 10.4. The molecule has 0 bridgehead atoms. The maximum atomic E-state index is 12.3. The maximum Gasteiger partial charge on any atom is 0.303 e. The van der Waals surface area contributed by atoms with Gasteiger partial charge < -0.3 is 24.3 Å². The Morgan fingerprint density at radius 3 is 2.10 bits per heavy atom. The molecular formula is C26H34N4O8S. The number of nitrogens with zero attached hydrogens (tertiary/aromatic N) is 3. The first kappa shape index (κ1) is 30.0. The molecule has 12 nitrogen and oxygen atoms in total. The van der Waals surface area contributed by atoms with Gasteiger partial charge in [-0.1, -0.05) is 29.8 Å². The van der Waals surface area contributed by atoms with E-state index in [9.17, 15) is 19.2 Å². The molecule has 5 atom stereocenters. The summed E-state index contributed by atoms with van der Waals surface area (Å²) < 4.78 is 26.1. The van der Waals surface area contributed by atoms with Crippen LogP contribution in [0, 0.1) is 11.7 Å². The van der Waals surface area contributed by atoms with Crippen LogP contribution >= 0.6 is 12.2 Å². The van der Waals surface area contributed by atoms with Gasteiger partial charge in [0, 0.05) is 39.3 Å². The van der Waals surface area contributed by atoms with E-state index in [1.165, 1.54) is 32.4 Å². The Balaban J connectivity index is 2.22. The van der Waals surface area contributed by atoms with Crippen LogP contribution in [0.4, 0.5) is 0 Å². The minimum atomic E-state index is -1.22. The number of ether oxygens (including phenoxy) is 4. The molecule has 1 amide bonds. The van der Waals surface area contributed by atoms with Crippen molar-refractivity contribution in [1.82, 2.24) is 19.7 Å². The number of carbonyl (C=O) groups is 4. The molecule has 1 aliphatic rings. The number of rotatable bonds is 8. The summed E-state index contributed by atoms with van der Waals surface area (Å²) in [5, 5.41) is 7.53. The van der Waals surface area contributed by atoms with E-state index in [1.807, 2.05) is 49.6 Å². The third-order valence-corrected chi connectivity index (χ3v) is 6.37. The van der Waals surface area contributed by atoms with Crippen molar-refractivity contribution in [2.75, 3.05) is 6.61 Å². The largest absolute Gasteiger partial charge is 0.463 e. The lowest BCUT2D eigenvalue weighted by Gasteiger charge is -2.45. The minimum absolute atomic E-state index is 0.0970. The smallest absolute Gasteiger partial charge is 0.303 e. The third-order valence-electron chi connectivity index (χ3n) is 5.99. The predicted octanol–water partition coefficient (Wildman–Crippen LogP) is 2.80. The fourth-order valence-corrected chi connectivity index (χ4v) is 4.88. The van der Waals surface area contributed by atoms with Crippen molar-refractivity contribution < 1.29 is 38.1 Å². The van der Waals surface area contributed by atoms with Crippen molar-refractivity contribution in [2.24, 2.45) is 0 Å². The van der Waals surface area contributed by atoms with Crippen LogP contribution < -0.4 is 5.32 Å². The number of aryl methyl sites for hydroxylation is 1. The molecule has 1 aromatic carbocycles. The molecule has 212 valence electrons. The van der Waals surface area contributed by atoms with E-state index < -0.39 is 54.4 Å². The fourth-order valence-electron chi connectivity index (χ4n) is 4.44. The number of esters is 3. The third kappa shape index (κ3) is 7.09. The average Bonchev–Trinajstić information content (AvgIpc) is 3.17. The van der Waals surface area contributed by atoms with E-state index in [0.717, 1.165) is 11.1 Å². The van der Waals surface area contributed by atoms with Gasteiger partial charge in [-0.3, -0.25) is 23.7 Å². The van der Waals surface area contributed by atoms with Gasteiger partial charge in [-0.05, 0) is 33.0 Å². The average molecular weight is 563 g/mol. The predicted molar refractivity (Wildman–Crippen MR) is 141 cm³/mol. The molecule has 0 spiro atoms. The first-order valence-electron chi connectivity index (χ1n) is 12.5. The normalized spacial score (nSPS) is 22.7. The lowest BCUT2D eigenvalue weighted by atomic mass is 9.95. The van der Waals surface area contributed by atoms with Crippen molar-refractivity contribution in [3.8, 4) is 11.4 Å². The van der Waals surface area contributed by atoms with Gasteiger partial charge in [0.15, 0.2) is 24.3 Å². The Morgan fingerprint density at radius 2 is 1.59 bits per heavy atom. The summed E-state index contributed by atoms with van der Waals surface area (Å²) in [4.78, 5) is 48.1. The molecule has 13 heteroatoms. The molecule has 39 heavy (non-hydrogen) atoms. The summed E-state index contributed by atoms with van der Waals surface area (Å²) in [6.07, 6.45) is -4.63. The molecule has 1 aliphatic heterocycles. The molecule has 0 aliphatic carbocycles. The minimum Gasteiger partial charge on any atom is -0.463 e. The highest BCUT2D eigenvalue weighted by Gasteiger charge is 2.52. The highest BCUT2D eigenvalue weighted by molar-refractivity contribution is 7.71. The second kappa shape index (κ2) is 12.5. The molecular weight excluding hydrogens is 528 g/mol. The van der Waals surface area contributed by atoms with E-state index in [-0.39, 0.29) is 17.4 Å². The van der Waals surface area contributed by atoms with Crippen LogP contribution in [0.3, 0.4) is 0 Å². The molecule has 1 saturated heterocycles. The Morgan fingerprint density at radius 1 is 1.00 bits per heavy atom. The van der Waals surface area contributed by atoms with Crippen LogP contribution in [0.1, 0.15) is 59.4 Å². The van der Waals surface area contributed by atoms with Crippen molar-refractivity contribution in [3.63, 3.8) is 0 Å². The molecule has 0 radical (unpaired) electrons. The second-order valence-electron chi connectivity index (χ2n) is 9.62. The zero-order chi connectivity index (χ0) is 29.0. The van der Waals surface area contributed by atoms with E-state index in [2.05, 4.69) is 5.32 Å². The van der Waals surface area contributed by atoms with E-state index in [0.29, 0.717) is 5.82 Å². The molecule has 0 unspecified atom stereocenters. The summed E-state index contributed by atoms with van der Waals surface area (Å²) in [6, 6.07) is 6.58. The van der Waals surface area contributed by atoms with Crippen molar-refractivity contribution in [3.05, 3.63) is 34.6 Å². The van der Waals surface area contributed by atoms with Gasteiger partial charge in [0.25, 0.3) is 0 Å². The number of hydrogen-bond donors (Lipinski definition) is 1. The zero-order valence-corrected chi connectivity index (χ0v) is 23.8. The van der Waals surface area contributed by atoms with Crippen molar-refractivity contribution in [2.45, 2.75) is 85.1 Å². The van der Waals surface area contributed by atoms with Gasteiger partial charge in [0.05, 0.1) is 0 Å². The first-order chi connectivity index (χ1) is 18.3. The highest BCUT2D eigenvalue weighted by atomic mass is 32.1. The van der Waals surface area contributed by atoms with Crippen molar-refractivity contribution >= 4 is 36.0 Å². The van der Waals surface area contributed by atoms with Gasteiger partial charge in [-0.2, -0.15) is 0 Å². The number of benzene rings is 1. The molecule has 1 aromatic heterocycles. The standard InChI is InChI=1S/C26H34N4O8S/c1-13(2)29-24(19-10-8-14(3)9-11-19)28-30(26(29)39)25-21(27-15(4)31)23(37-18(7)34)22(36-17(6)33)20(38-25)12-35-16(5)32/h8-11,13,20-23,25H,12H2,1-7H3,(H,27,31)/t20-,21-,22-,23-,25-/m1/s1. The van der Waals surface area contributed by atoms with Gasteiger partial charge in [0.2, 0.25) is 10.7 Å². The summed E-state index contributed by atoms with van der Waals surface area (Å²) in [7, 11) is 0. The molecule has 0 saturated carbocycles. The molecule has 3 rings (SSSR count). The van der Waals surface area contributed by atoms with Crippen LogP contribution in [0.25, 0.3) is 11.4 Å². The van der Waals surface area contributed by atoms with Crippen LogP contribution in [0.5, 0.6) is 0 Å². The van der Waals surface area contributed by atoms with Crippen LogP contribution in [-0.2, 0) is 38.1 Å². The van der Waals surface area contributed by atoms with E-state index in [4.69, 9.17) is 36.3 Å². The Kier molecular flexibility index (Phi) is 9.62. The summed E-state index contributed by atoms with van der Waals surface area (Å²) in [5.74, 6) is -1.86. The van der Waals surface area contributed by atoms with Gasteiger partial charge >= 0.3 is 17.9 Å². The number of amides is 1. The van der Waals surface area contributed by atoms with Crippen LogP contribution in [-0.4, -0.2) is 69.1 Å². The van der Waals surface area contributed by atoms with Gasteiger partial charge in [-0.15, -0.1) is 5.10 Å². The monoisotopic (exact) mass is 562 g/mol. The van der Waals surface area contributed by atoms with Crippen molar-refractivity contribution in [1.29, 1.82) is 0 Å². The summed E-state index contributed by atoms with van der Waals surface area (Å²) >= 11 is 5.83. The molecule has 1 N–H and O–H groups in total. The topological polar surface area (TPSA) is 140 Å². The zero-order valence-electron chi connectivity index (χ0n) is 23.0. The first-order valence-corrected chi connectivity index (χ1v) is 12.9. The Labute approximate surface area is 231 Å². The number of nitrogens with one attached hydrogen (secondary N) is 1. The SMILES string of the molecule is CC(=O)N[C@@H]1[C@@H](OC(C)=O)[C@H](OC(C)=O)[C@@H](COC(C)=O)O[C@H]1n1nc(-c2ccc(C)cc2)n(C(C)C)c1=S. The maximum absolute atomic E-state index is 12.3. The Hall–Kier alpha value is -3.58. The fraction of sp³-hybridized carbons (Fsp3) is 0.538. The van der Waals surface area contributed by atoms with Crippen LogP contribution in [0.15, 0.2) is 24.3 Å². The molecule has 2 aromatic rings. The lowest BCUT2D eigenvalue weighted by Crippen LogP contribution is -2.64. The number of carbonyl (C=O) groups excluding carboxylic acids is 4. The number of aromatic nitrogens is 3. The number of hydrogen-bond acceptors (Lipinski definition) is 10. The molecule has 2 heterocycles. The highest BCUT2D eigenvalue weighted by Crippen LogP contribution is 2.34. The van der Waals surface area contributed by atoms with Gasteiger partial charge in [-0.25, -0.2) is 4.68 Å². The van der Waals surface area contributed by atoms with Crippen LogP contribution in [0.2, 0.25) is 0 Å². The lowest BCUT2D eigenvalue weighted by molar-refractivity contribution is -0.239. The molecule has 1 fully saturated rings. The summed E-state index contributed by atoms with van der Waals surface area (Å²) in [5.41, 5.74) is 1.88.